The lowest BCUT2D eigenvalue weighted by atomic mass is 10.2. The lowest BCUT2D eigenvalue weighted by Gasteiger charge is -2.26. The summed E-state index contributed by atoms with van der Waals surface area (Å²) in [5.74, 6) is 0.505. The van der Waals surface area contributed by atoms with E-state index in [9.17, 15) is 21.6 Å². The highest BCUT2D eigenvalue weighted by molar-refractivity contribution is 7.93. The summed E-state index contributed by atoms with van der Waals surface area (Å²) in [4.78, 5) is 12.7. The summed E-state index contributed by atoms with van der Waals surface area (Å²) in [5, 5.41) is 2.64. The summed E-state index contributed by atoms with van der Waals surface area (Å²) in [7, 11) is -5.89. The molecule has 2 heterocycles. The molecule has 178 valence electrons. The molecule has 1 amide bonds. The number of nitrogens with zero attached hydrogens (tertiary/aromatic N) is 1. The maximum atomic E-state index is 13.6. The molecule has 33 heavy (non-hydrogen) atoms. The van der Waals surface area contributed by atoms with Crippen molar-refractivity contribution in [3.63, 3.8) is 0 Å². The molecule has 10 nitrogen and oxygen atoms in total. The Kier molecular flexibility index (Phi) is 6.39. The van der Waals surface area contributed by atoms with Gasteiger partial charge < -0.3 is 19.5 Å². The van der Waals surface area contributed by atoms with Gasteiger partial charge in [0.05, 0.1) is 29.2 Å². The first-order chi connectivity index (χ1) is 15.7. The first-order valence-electron chi connectivity index (χ1n) is 10.2. The summed E-state index contributed by atoms with van der Waals surface area (Å²) < 4.78 is 67.6. The van der Waals surface area contributed by atoms with Gasteiger partial charge in [0.25, 0.3) is 10.0 Å². The zero-order valence-corrected chi connectivity index (χ0v) is 19.5. The maximum Gasteiger partial charge on any atom is 0.264 e. The predicted octanol–water partition coefficient (Wildman–Crippen LogP) is 0.965. The molecule has 2 aliphatic heterocycles. The minimum absolute atomic E-state index is 0.00433. The second kappa shape index (κ2) is 9.10. The maximum absolute atomic E-state index is 13.6. The van der Waals surface area contributed by atoms with E-state index in [0.717, 1.165) is 4.31 Å². The van der Waals surface area contributed by atoms with Gasteiger partial charge in [0, 0.05) is 12.1 Å². The highest BCUT2D eigenvalue weighted by atomic mass is 32.2. The molecular formula is C21H24N2O8S2. The van der Waals surface area contributed by atoms with Gasteiger partial charge in [-0.2, -0.15) is 0 Å². The van der Waals surface area contributed by atoms with Crippen LogP contribution in [0.5, 0.6) is 17.2 Å². The molecule has 1 N–H and O–H groups in total. The third-order valence-electron chi connectivity index (χ3n) is 5.35. The van der Waals surface area contributed by atoms with Crippen molar-refractivity contribution in [3.8, 4) is 17.2 Å². The van der Waals surface area contributed by atoms with Crippen molar-refractivity contribution in [1.82, 2.24) is 5.32 Å². The van der Waals surface area contributed by atoms with E-state index in [-0.39, 0.29) is 22.1 Å². The van der Waals surface area contributed by atoms with Crippen molar-refractivity contribution in [2.24, 2.45) is 0 Å². The fourth-order valence-electron chi connectivity index (χ4n) is 3.69. The van der Waals surface area contributed by atoms with Crippen molar-refractivity contribution in [2.45, 2.75) is 17.4 Å². The Labute approximate surface area is 192 Å². The van der Waals surface area contributed by atoms with Crippen LogP contribution < -0.4 is 23.8 Å². The normalized spacial score (nSPS) is 19.0. The molecule has 12 heteroatoms. The molecule has 1 fully saturated rings. The van der Waals surface area contributed by atoms with Gasteiger partial charge in [0.2, 0.25) is 5.91 Å². The molecule has 0 bridgehead atoms. The quantitative estimate of drug-likeness (QED) is 0.600. The molecule has 2 aliphatic rings. The largest absolute Gasteiger partial charge is 0.497 e. The summed E-state index contributed by atoms with van der Waals surface area (Å²) in [6, 6.07) is 9.95. The number of carbonyl (C=O) groups is 1. The summed E-state index contributed by atoms with van der Waals surface area (Å²) in [6.45, 7) is 0.138. The second-order valence-corrected chi connectivity index (χ2v) is 11.8. The van der Waals surface area contributed by atoms with Gasteiger partial charge in [-0.25, -0.2) is 16.8 Å². The van der Waals surface area contributed by atoms with E-state index in [2.05, 4.69) is 5.32 Å². The molecule has 4 rings (SSSR count). The number of rotatable bonds is 7. The molecule has 0 saturated carbocycles. The molecule has 1 saturated heterocycles. The van der Waals surface area contributed by atoms with Gasteiger partial charge >= 0.3 is 0 Å². The van der Waals surface area contributed by atoms with Gasteiger partial charge in [-0.15, -0.1) is 0 Å². The Morgan fingerprint density at radius 1 is 1.12 bits per heavy atom. The molecule has 0 unspecified atom stereocenters. The first-order valence-corrected chi connectivity index (χ1v) is 13.5. The van der Waals surface area contributed by atoms with Crippen LogP contribution in [-0.4, -0.2) is 67.2 Å². The van der Waals surface area contributed by atoms with Crippen LogP contribution in [0.3, 0.4) is 0 Å². The number of anilines is 1. The second-order valence-electron chi connectivity index (χ2n) is 7.68. The Hall–Kier alpha value is -2.99. The van der Waals surface area contributed by atoms with Crippen molar-refractivity contribution < 1.29 is 35.8 Å². The highest BCUT2D eigenvalue weighted by Crippen LogP contribution is 2.34. The van der Waals surface area contributed by atoms with Crippen molar-refractivity contribution >= 4 is 31.5 Å². The van der Waals surface area contributed by atoms with Gasteiger partial charge in [-0.3, -0.25) is 9.10 Å². The SMILES string of the molecule is COc1ccc(N(CC(=O)N[C@H]2CCS(=O)(=O)C2)S(=O)(=O)c2ccc3c(c2)OCCO3)cc1. The van der Waals surface area contributed by atoms with Gasteiger partial charge in [-0.05, 0) is 42.8 Å². The number of ether oxygens (including phenoxy) is 3. The molecule has 2 aromatic carbocycles. The Balaban J connectivity index is 1.63. The lowest BCUT2D eigenvalue weighted by Crippen LogP contribution is -2.44. The van der Waals surface area contributed by atoms with Crippen molar-refractivity contribution in [2.75, 3.05) is 42.7 Å². The molecule has 0 aliphatic carbocycles. The van der Waals surface area contributed by atoms with Crippen LogP contribution in [0.2, 0.25) is 0 Å². The zero-order valence-electron chi connectivity index (χ0n) is 17.9. The first kappa shape index (κ1) is 23.2. The molecule has 2 aromatic rings. The zero-order chi connectivity index (χ0) is 23.6. The number of carbonyl (C=O) groups excluding carboxylic acids is 1. The van der Waals surface area contributed by atoms with Crippen molar-refractivity contribution in [3.05, 3.63) is 42.5 Å². The molecule has 1 atom stereocenters. The third-order valence-corrected chi connectivity index (χ3v) is 8.88. The Morgan fingerprint density at radius 2 is 1.82 bits per heavy atom. The molecular weight excluding hydrogens is 472 g/mol. The molecule has 0 aromatic heterocycles. The lowest BCUT2D eigenvalue weighted by molar-refractivity contribution is -0.120. The number of sulfone groups is 1. The summed E-state index contributed by atoms with van der Waals surface area (Å²) in [6.07, 6.45) is 0.297. The highest BCUT2D eigenvalue weighted by Gasteiger charge is 2.32. The number of benzene rings is 2. The number of amides is 1. The Bertz CT molecular complexity index is 1240. The standard InChI is InChI=1S/C21H24N2O8S2/c1-29-17-4-2-16(3-5-17)23(13-21(24)22-15-8-11-32(25,26)14-15)33(27,28)18-6-7-19-20(12-18)31-10-9-30-19/h2-7,12,15H,8-11,13-14H2,1H3,(H,22,24)/t15-/m0/s1. The van der Waals surface area contributed by atoms with Crippen molar-refractivity contribution in [1.29, 1.82) is 0 Å². The number of sulfonamides is 1. The molecule has 0 spiro atoms. The number of nitrogens with one attached hydrogen (secondary N) is 1. The minimum atomic E-state index is -4.18. The third kappa shape index (κ3) is 5.17. The van der Waals surface area contributed by atoms with E-state index in [1.165, 1.54) is 37.4 Å². The van der Waals surface area contributed by atoms with Gasteiger partial charge in [0.15, 0.2) is 21.3 Å². The van der Waals surface area contributed by atoms with Crippen LogP contribution >= 0.6 is 0 Å². The fourth-order valence-corrected chi connectivity index (χ4v) is 6.80. The minimum Gasteiger partial charge on any atom is -0.497 e. The summed E-state index contributed by atoms with van der Waals surface area (Å²) >= 11 is 0. The van der Waals surface area contributed by atoms with E-state index >= 15 is 0 Å². The average Bonchev–Trinajstić information content (AvgIpc) is 3.15. The van der Waals surface area contributed by atoms with Gasteiger partial charge in [0.1, 0.15) is 25.5 Å². The number of fused-ring (bicyclic) bond motifs is 1. The van der Waals surface area contributed by atoms with Crippen LogP contribution in [0.4, 0.5) is 5.69 Å². The average molecular weight is 497 g/mol. The topological polar surface area (TPSA) is 128 Å². The van der Waals surface area contributed by atoms with Crippen LogP contribution in [0.15, 0.2) is 47.4 Å². The monoisotopic (exact) mass is 496 g/mol. The van der Waals surface area contributed by atoms with Crippen LogP contribution in [0.1, 0.15) is 6.42 Å². The van der Waals surface area contributed by atoms with E-state index in [0.29, 0.717) is 36.9 Å². The number of methoxy groups -OCH3 is 1. The Morgan fingerprint density at radius 3 is 2.45 bits per heavy atom. The van der Waals surface area contributed by atoms with Crippen LogP contribution in [0, 0.1) is 0 Å². The van der Waals surface area contributed by atoms with E-state index < -0.39 is 38.4 Å². The fraction of sp³-hybridized carbons (Fsp3) is 0.381. The summed E-state index contributed by atoms with van der Waals surface area (Å²) in [5.41, 5.74) is 0.250. The van der Waals surface area contributed by atoms with Gasteiger partial charge in [-0.1, -0.05) is 0 Å². The number of hydrogen-bond donors (Lipinski definition) is 1. The smallest absolute Gasteiger partial charge is 0.264 e. The molecule has 0 radical (unpaired) electrons. The predicted molar refractivity (Wildman–Crippen MR) is 120 cm³/mol. The van der Waals surface area contributed by atoms with Crippen LogP contribution in [0.25, 0.3) is 0 Å². The van der Waals surface area contributed by atoms with E-state index in [1.807, 2.05) is 0 Å². The van der Waals surface area contributed by atoms with Crippen LogP contribution in [-0.2, 0) is 24.7 Å². The van der Waals surface area contributed by atoms with E-state index in [1.54, 1.807) is 12.1 Å². The van der Waals surface area contributed by atoms with E-state index in [4.69, 9.17) is 14.2 Å². The number of hydrogen-bond acceptors (Lipinski definition) is 8.